The van der Waals surface area contributed by atoms with Gasteiger partial charge < -0.3 is 19.9 Å². The number of ether oxygens (including phenoxy) is 1. The molecule has 154 valence electrons. The summed E-state index contributed by atoms with van der Waals surface area (Å²) in [5.41, 5.74) is 2.78. The van der Waals surface area contributed by atoms with Gasteiger partial charge in [0.1, 0.15) is 5.75 Å². The van der Waals surface area contributed by atoms with Gasteiger partial charge in [-0.2, -0.15) is 0 Å². The first kappa shape index (κ1) is 20.7. The van der Waals surface area contributed by atoms with Gasteiger partial charge >= 0.3 is 6.03 Å². The summed E-state index contributed by atoms with van der Waals surface area (Å²) in [7, 11) is 0. The number of benzene rings is 2. The minimum atomic E-state index is -0.127. The second-order valence-electron chi connectivity index (χ2n) is 7.62. The normalized spacial score (nSPS) is 14.1. The minimum absolute atomic E-state index is 0.0571. The number of nitrogens with one attached hydrogen (secondary N) is 1. The summed E-state index contributed by atoms with van der Waals surface area (Å²) in [6.07, 6.45) is 0.361. The molecule has 29 heavy (non-hydrogen) atoms. The molecule has 0 aliphatic carbocycles. The average molecular weight is 396 g/mol. The monoisotopic (exact) mass is 395 g/mol. The zero-order valence-corrected chi connectivity index (χ0v) is 17.4. The number of nitrogens with zero attached hydrogens (tertiary/aromatic N) is 2. The minimum Gasteiger partial charge on any atom is -0.491 e. The van der Waals surface area contributed by atoms with E-state index in [-0.39, 0.29) is 18.0 Å². The van der Waals surface area contributed by atoms with Gasteiger partial charge in [0.05, 0.1) is 12.5 Å². The predicted molar refractivity (Wildman–Crippen MR) is 114 cm³/mol. The Morgan fingerprint density at radius 2 is 1.69 bits per heavy atom. The summed E-state index contributed by atoms with van der Waals surface area (Å²) in [6.45, 7) is 8.05. The summed E-state index contributed by atoms with van der Waals surface area (Å²) in [4.78, 5) is 28.8. The fraction of sp³-hybridized carbons (Fsp3) is 0.391. The highest BCUT2D eigenvalue weighted by molar-refractivity contribution is 5.89. The molecule has 3 amide bonds. The van der Waals surface area contributed by atoms with Crippen LogP contribution in [0.4, 0.5) is 10.5 Å². The van der Waals surface area contributed by atoms with Crippen LogP contribution in [0.2, 0.25) is 0 Å². The molecule has 1 aliphatic heterocycles. The molecule has 0 atom stereocenters. The lowest BCUT2D eigenvalue weighted by Crippen LogP contribution is -2.52. The van der Waals surface area contributed by atoms with Gasteiger partial charge in [0.25, 0.3) is 0 Å². The number of hydrogen-bond donors (Lipinski definition) is 1. The molecular formula is C23H29N3O3. The maximum atomic E-state index is 12.8. The topological polar surface area (TPSA) is 61.9 Å². The highest BCUT2D eigenvalue weighted by Crippen LogP contribution is 2.21. The van der Waals surface area contributed by atoms with Crippen molar-refractivity contribution < 1.29 is 14.3 Å². The van der Waals surface area contributed by atoms with Crippen molar-refractivity contribution in [1.82, 2.24) is 9.80 Å². The van der Waals surface area contributed by atoms with Crippen molar-refractivity contribution in [3.8, 4) is 5.75 Å². The van der Waals surface area contributed by atoms with E-state index in [0.29, 0.717) is 32.6 Å². The van der Waals surface area contributed by atoms with Crippen LogP contribution in [0, 0.1) is 6.92 Å². The summed E-state index contributed by atoms with van der Waals surface area (Å²) in [6, 6.07) is 15.3. The highest BCUT2D eigenvalue weighted by atomic mass is 16.5. The number of anilines is 1. The summed E-state index contributed by atoms with van der Waals surface area (Å²) >= 11 is 0. The fourth-order valence-electron chi connectivity index (χ4n) is 3.38. The summed E-state index contributed by atoms with van der Waals surface area (Å²) < 4.78 is 5.82. The van der Waals surface area contributed by atoms with Crippen molar-refractivity contribution in [2.45, 2.75) is 33.3 Å². The summed E-state index contributed by atoms with van der Waals surface area (Å²) in [5, 5.41) is 2.93. The van der Waals surface area contributed by atoms with Crippen LogP contribution in [-0.2, 0) is 11.2 Å². The Labute approximate surface area is 172 Å². The van der Waals surface area contributed by atoms with Gasteiger partial charge in [-0.15, -0.1) is 0 Å². The molecule has 0 radical (unpaired) electrons. The Balaban J connectivity index is 1.53. The quantitative estimate of drug-likeness (QED) is 0.840. The number of hydrogen-bond acceptors (Lipinski definition) is 3. The number of para-hydroxylation sites is 1. The first-order valence-electron chi connectivity index (χ1n) is 10.1. The van der Waals surface area contributed by atoms with Crippen LogP contribution in [0.1, 0.15) is 25.0 Å². The second-order valence-corrected chi connectivity index (χ2v) is 7.62. The number of rotatable bonds is 5. The molecule has 0 bridgehead atoms. The van der Waals surface area contributed by atoms with E-state index in [0.717, 1.165) is 22.6 Å². The molecule has 1 N–H and O–H groups in total. The first-order chi connectivity index (χ1) is 13.9. The van der Waals surface area contributed by atoms with Gasteiger partial charge in [0, 0.05) is 37.4 Å². The Morgan fingerprint density at radius 1 is 1.00 bits per heavy atom. The number of urea groups is 1. The Kier molecular flexibility index (Phi) is 6.75. The molecule has 1 heterocycles. The third kappa shape index (κ3) is 5.73. The lowest BCUT2D eigenvalue weighted by atomic mass is 10.1. The van der Waals surface area contributed by atoms with E-state index < -0.39 is 0 Å². The van der Waals surface area contributed by atoms with Crippen molar-refractivity contribution in [2.75, 3.05) is 31.5 Å². The van der Waals surface area contributed by atoms with Crippen LogP contribution in [0.25, 0.3) is 0 Å². The van der Waals surface area contributed by atoms with Crippen molar-refractivity contribution in [3.63, 3.8) is 0 Å². The van der Waals surface area contributed by atoms with E-state index in [2.05, 4.69) is 5.32 Å². The molecule has 1 fully saturated rings. The molecular weight excluding hydrogens is 366 g/mol. The third-order valence-electron chi connectivity index (χ3n) is 4.87. The molecule has 0 aromatic heterocycles. The van der Waals surface area contributed by atoms with Crippen molar-refractivity contribution in [3.05, 3.63) is 59.7 Å². The number of piperazine rings is 1. The van der Waals surface area contributed by atoms with E-state index >= 15 is 0 Å². The van der Waals surface area contributed by atoms with E-state index in [1.54, 1.807) is 4.90 Å². The van der Waals surface area contributed by atoms with Crippen molar-refractivity contribution >= 4 is 17.6 Å². The van der Waals surface area contributed by atoms with E-state index in [1.165, 1.54) is 0 Å². The second kappa shape index (κ2) is 9.45. The standard InChI is InChI=1S/C23H29N3O3/c1-17(2)29-21-10-5-4-8-19(21)16-22(27)25-11-13-26(14-12-25)23(28)24-20-9-6-7-18(3)15-20/h4-10,15,17H,11-14,16H2,1-3H3,(H,24,28). The highest BCUT2D eigenvalue weighted by Gasteiger charge is 2.25. The zero-order chi connectivity index (χ0) is 20.8. The van der Waals surface area contributed by atoms with Gasteiger partial charge in [-0.25, -0.2) is 4.79 Å². The summed E-state index contributed by atoms with van der Waals surface area (Å²) in [5.74, 6) is 0.815. The lowest BCUT2D eigenvalue weighted by molar-refractivity contribution is -0.131. The molecule has 0 spiro atoms. The largest absolute Gasteiger partial charge is 0.491 e. The molecule has 2 aromatic carbocycles. The Hall–Kier alpha value is -3.02. The van der Waals surface area contributed by atoms with Gasteiger partial charge in [0.2, 0.25) is 5.91 Å². The van der Waals surface area contributed by atoms with Crippen LogP contribution >= 0.6 is 0 Å². The molecule has 2 aromatic rings. The molecule has 6 heteroatoms. The van der Waals surface area contributed by atoms with Crippen LogP contribution in [0.3, 0.4) is 0 Å². The Morgan fingerprint density at radius 3 is 2.38 bits per heavy atom. The molecule has 6 nitrogen and oxygen atoms in total. The van der Waals surface area contributed by atoms with E-state index in [1.807, 2.05) is 74.2 Å². The fourth-order valence-corrected chi connectivity index (χ4v) is 3.38. The Bertz CT molecular complexity index is 858. The van der Waals surface area contributed by atoms with Crippen LogP contribution in [0.5, 0.6) is 5.75 Å². The molecule has 0 saturated carbocycles. The number of carbonyl (C=O) groups excluding carboxylic acids is 2. The van der Waals surface area contributed by atoms with E-state index in [4.69, 9.17) is 4.74 Å². The van der Waals surface area contributed by atoms with E-state index in [9.17, 15) is 9.59 Å². The maximum absolute atomic E-state index is 12.8. The molecule has 0 unspecified atom stereocenters. The van der Waals surface area contributed by atoms with Crippen LogP contribution in [0.15, 0.2) is 48.5 Å². The van der Waals surface area contributed by atoms with Crippen molar-refractivity contribution in [1.29, 1.82) is 0 Å². The first-order valence-corrected chi connectivity index (χ1v) is 10.1. The molecule has 1 saturated heterocycles. The zero-order valence-electron chi connectivity index (χ0n) is 17.4. The van der Waals surface area contributed by atoms with Gasteiger partial charge in [-0.05, 0) is 44.5 Å². The smallest absolute Gasteiger partial charge is 0.321 e. The maximum Gasteiger partial charge on any atom is 0.321 e. The number of aryl methyl sites for hydroxylation is 1. The van der Waals surface area contributed by atoms with Crippen LogP contribution < -0.4 is 10.1 Å². The number of amides is 3. The van der Waals surface area contributed by atoms with Gasteiger partial charge in [0.15, 0.2) is 0 Å². The molecule has 1 aliphatic rings. The lowest BCUT2D eigenvalue weighted by Gasteiger charge is -2.35. The average Bonchev–Trinajstić information content (AvgIpc) is 2.69. The number of carbonyl (C=O) groups is 2. The van der Waals surface area contributed by atoms with Crippen LogP contribution in [-0.4, -0.2) is 54.0 Å². The predicted octanol–water partition coefficient (Wildman–Crippen LogP) is 3.70. The van der Waals surface area contributed by atoms with Crippen molar-refractivity contribution in [2.24, 2.45) is 0 Å². The third-order valence-corrected chi connectivity index (χ3v) is 4.87. The van der Waals surface area contributed by atoms with Gasteiger partial charge in [-0.3, -0.25) is 4.79 Å². The molecule has 3 rings (SSSR count). The van der Waals surface area contributed by atoms with Gasteiger partial charge in [-0.1, -0.05) is 30.3 Å². The SMILES string of the molecule is Cc1cccc(NC(=O)N2CCN(C(=O)Cc3ccccc3OC(C)C)CC2)c1.